The van der Waals surface area contributed by atoms with Crippen LogP contribution in [0.25, 0.3) is 0 Å². The quantitative estimate of drug-likeness (QED) is 0.818. The molecule has 1 aliphatic carbocycles. The maximum atomic E-state index is 13.0. The predicted molar refractivity (Wildman–Crippen MR) is 88.8 cm³/mol. The van der Waals surface area contributed by atoms with Crippen molar-refractivity contribution in [1.82, 2.24) is 9.88 Å². The highest BCUT2D eigenvalue weighted by Gasteiger charge is 2.31. The molecule has 0 aliphatic heterocycles. The van der Waals surface area contributed by atoms with Crippen LogP contribution >= 0.6 is 0 Å². The Morgan fingerprint density at radius 2 is 2.08 bits per heavy atom. The second kappa shape index (κ2) is 7.51. The third kappa shape index (κ3) is 4.59. The molecular formula is C18H20FN3O2. The van der Waals surface area contributed by atoms with Crippen LogP contribution in [-0.2, 0) is 4.79 Å². The second-order valence-corrected chi connectivity index (χ2v) is 6.02. The highest BCUT2D eigenvalue weighted by atomic mass is 19.1. The van der Waals surface area contributed by atoms with Crippen LogP contribution in [0, 0.1) is 5.82 Å². The number of anilines is 1. The number of rotatable bonds is 7. The van der Waals surface area contributed by atoms with Gasteiger partial charge >= 0.3 is 0 Å². The molecule has 1 aliphatic rings. The number of pyridine rings is 1. The van der Waals surface area contributed by atoms with Crippen LogP contribution in [0.2, 0.25) is 0 Å². The molecule has 2 N–H and O–H groups in total. The number of nitrogens with one attached hydrogen (secondary N) is 1. The molecule has 0 radical (unpaired) electrons. The molecule has 1 fully saturated rings. The minimum Gasteiger partial charge on any atom is -0.387 e. The zero-order valence-corrected chi connectivity index (χ0v) is 13.2. The van der Waals surface area contributed by atoms with E-state index in [0.717, 1.165) is 12.8 Å². The number of hydrogen-bond acceptors (Lipinski definition) is 4. The van der Waals surface area contributed by atoms with E-state index in [1.807, 2.05) is 4.90 Å². The van der Waals surface area contributed by atoms with E-state index in [-0.39, 0.29) is 18.3 Å². The number of amides is 1. The summed E-state index contributed by atoms with van der Waals surface area (Å²) in [7, 11) is 0. The topological polar surface area (TPSA) is 65.5 Å². The third-order valence-electron chi connectivity index (χ3n) is 4.02. The number of carbonyl (C=O) groups is 1. The first-order valence-corrected chi connectivity index (χ1v) is 7.99. The minimum atomic E-state index is -0.752. The molecule has 0 spiro atoms. The normalized spacial score (nSPS) is 15.3. The Labute approximate surface area is 140 Å². The molecule has 5 nitrogen and oxygen atoms in total. The number of hydrogen-bond donors (Lipinski definition) is 2. The van der Waals surface area contributed by atoms with Gasteiger partial charge < -0.3 is 10.4 Å². The molecule has 1 amide bonds. The minimum absolute atomic E-state index is 0.138. The highest BCUT2D eigenvalue weighted by Crippen LogP contribution is 2.28. The summed E-state index contributed by atoms with van der Waals surface area (Å²) in [4.78, 5) is 18.1. The average molecular weight is 329 g/mol. The van der Waals surface area contributed by atoms with Gasteiger partial charge in [0.15, 0.2) is 0 Å². The van der Waals surface area contributed by atoms with E-state index >= 15 is 0 Å². The Kier molecular flexibility index (Phi) is 5.17. The molecule has 1 saturated carbocycles. The molecule has 0 unspecified atom stereocenters. The van der Waals surface area contributed by atoms with Crippen molar-refractivity contribution in [3.8, 4) is 0 Å². The lowest BCUT2D eigenvalue weighted by Gasteiger charge is -2.24. The first kappa shape index (κ1) is 16.5. The molecule has 1 heterocycles. The third-order valence-corrected chi connectivity index (χ3v) is 4.02. The van der Waals surface area contributed by atoms with Crippen LogP contribution in [-0.4, -0.2) is 40.0 Å². The maximum absolute atomic E-state index is 13.0. The molecule has 1 aromatic carbocycles. The van der Waals surface area contributed by atoms with Gasteiger partial charge in [-0.25, -0.2) is 4.39 Å². The summed E-state index contributed by atoms with van der Waals surface area (Å²) in [5.41, 5.74) is 1.30. The summed E-state index contributed by atoms with van der Waals surface area (Å²) in [6, 6.07) is 9.65. The fraction of sp³-hybridized carbons (Fsp3) is 0.333. The lowest BCUT2D eigenvalue weighted by molar-refractivity contribution is -0.117. The zero-order valence-electron chi connectivity index (χ0n) is 13.2. The Bertz CT molecular complexity index is 674. The van der Waals surface area contributed by atoms with Crippen molar-refractivity contribution >= 4 is 11.6 Å². The van der Waals surface area contributed by atoms with Crippen LogP contribution in [0.4, 0.5) is 10.1 Å². The maximum Gasteiger partial charge on any atom is 0.238 e. The van der Waals surface area contributed by atoms with Gasteiger partial charge in [0, 0.05) is 18.8 Å². The summed E-state index contributed by atoms with van der Waals surface area (Å²) in [5.74, 6) is -0.470. The van der Waals surface area contributed by atoms with Crippen molar-refractivity contribution in [2.45, 2.75) is 25.0 Å². The van der Waals surface area contributed by atoms with Crippen LogP contribution in [0.5, 0.6) is 0 Å². The lowest BCUT2D eigenvalue weighted by atomic mass is 10.1. The van der Waals surface area contributed by atoms with Crippen LogP contribution in [0.15, 0.2) is 48.8 Å². The van der Waals surface area contributed by atoms with Crippen molar-refractivity contribution in [2.24, 2.45) is 0 Å². The molecule has 126 valence electrons. The van der Waals surface area contributed by atoms with Crippen molar-refractivity contribution in [2.75, 3.05) is 18.4 Å². The number of carbonyl (C=O) groups excluding carboxylic acids is 1. The standard InChI is InChI=1S/C18H20FN3O2/c19-14-5-3-13(4-6-14)17(23)11-22(16-7-8-16)12-18(24)21-15-2-1-9-20-10-15/h1-6,9-10,16-17,23H,7-8,11-12H2,(H,21,24)/t17-/m0/s1. The van der Waals surface area contributed by atoms with Gasteiger partial charge in [0.05, 0.1) is 24.5 Å². The van der Waals surface area contributed by atoms with E-state index in [4.69, 9.17) is 0 Å². The molecule has 1 aromatic heterocycles. The summed E-state index contributed by atoms with van der Waals surface area (Å²) in [6.45, 7) is 0.550. The fourth-order valence-corrected chi connectivity index (χ4v) is 2.62. The largest absolute Gasteiger partial charge is 0.387 e. The Hall–Kier alpha value is -2.31. The smallest absolute Gasteiger partial charge is 0.238 e. The van der Waals surface area contributed by atoms with Crippen LogP contribution < -0.4 is 5.32 Å². The molecular weight excluding hydrogens is 309 g/mol. The Morgan fingerprint density at radius 3 is 2.71 bits per heavy atom. The van der Waals surface area contributed by atoms with E-state index in [9.17, 15) is 14.3 Å². The molecule has 0 bridgehead atoms. The lowest BCUT2D eigenvalue weighted by Crippen LogP contribution is -2.37. The van der Waals surface area contributed by atoms with Gasteiger partial charge in [-0.2, -0.15) is 0 Å². The number of halogens is 1. The molecule has 6 heteroatoms. The zero-order chi connectivity index (χ0) is 16.9. The summed E-state index contributed by atoms with van der Waals surface area (Å²) in [5, 5.41) is 13.2. The van der Waals surface area contributed by atoms with Gasteiger partial charge in [-0.3, -0.25) is 14.7 Å². The number of benzene rings is 1. The molecule has 3 rings (SSSR count). The van der Waals surface area contributed by atoms with Crippen LogP contribution in [0.1, 0.15) is 24.5 Å². The van der Waals surface area contributed by atoms with Crippen LogP contribution in [0.3, 0.4) is 0 Å². The van der Waals surface area contributed by atoms with E-state index < -0.39 is 6.10 Å². The van der Waals surface area contributed by atoms with E-state index in [2.05, 4.69) is 10.3 Å². The summed E-state index contributed by atoms with van der Waals surface area (Å²) in [6.07, 6.45) is 4.53. The van der Waals surface area contributed by atoms with Gasteiger partial charge in [0.25, 0.3) is 0 Å². The summed E-state index contributed by atoms with van der Waals surface area (Å²) < 4.78 is 13.0. The first-order chi connectivity index (χ1) is 11.6. The predicted octanol–water partition coefficient (Wildman–Crippen LogP) is 2.36. The van der Waals surface area contributed by atoms with E-state index in [1.165, 1.54) is 12.1 Å². The average Bonchev–Trinajstić information content (AvgIpc) is 3.40. The molecule has 1 atom stereocenters. The number of nitrogens with zero attached hydrogens (tertiary/aromatic N) is 2. The van der Waals surface area contributed by atoms with E-state index in [0.29, 0.717) is 23.8 Å². The van der Waals surface area contributed by atoms with Gasteiger partial charge in [0.1, 0.15) is 5.82 Å². The fourth-order valence-electron chi connectivity index (χ4n) is 2.62. The molecule has 2 aromatic rings. The van der Waals surface area contributed by atoms with Crippen molar-refractivity contribution < 1.29 is 14.3 Å². The SMILES string of the molecule is O=C(CN(C[C@H](O)c1ccc(F)cc1)C1CC1)Nc1cccnc1. The second-order valence-electron chi connectivity index (χ2n) is 6.02. The Morgan fingerprint density at radius 1 is 1.33 bits per heavy atom. The van der Waals surface area contributed by atoms with Gasteiger partial charge in [-0.05, 0) is 42.7 Å². The van der Waals surface area contributed by atoms with Gasteiger partial charge in [-0.1, -0.05) is 12.1 Å². The molecule has 24 heavy (non-hydrogen) atoms. The van der Waals surface area contributed by atoms with E-state index in [1.54, 1.807) is 36.7 Å². The van der Waals surface area contributed by atoms with Crippen molar-refractivity contribution in [3.05, 3.63) is 60.2 Å². The Balaban J connectivity index is 1.58. The summed E-state index contributed by atoms with van der Waals surface area (Å²) >= 11 is 0. The highest BCUT2D eigenvalue weighted by molar-refractivity contribution is 5.92. The van der Waals surface area contributed by atoms with Crippen molar-refractivity contribution in [3.63, 3.8) is 0 Å². The monoisotopic (exact) mass is 329 g/mol. The number of aliphatic hydroxyl groups excluding tert-OH is 1. The number of aliphatic hydroxyl groups is 1. The van der Waals surface area contributed by atoms with Gasteiger partial charge in [0.2, 0.25) is 5.91 Å². The number of aromatic nitrogens is 1. The van der Waals surface area contributed by atoms with Gasteiger partial charge in [-0.15, -0.1) is 0 Å². The molecule has 0 saturated heterocycles. The van der Waals surface area contributed by atoms with Crippen molar-refractivity contribution in [1.29, 1.82) is 0 Å². The first-order valence-electron chi connectivity index (χ1n) is 7.99.